The molecular formula is C26H21N4O3+. The maximum absolute atomic E-state index is 13.7. The lowest BCUT2D eigenvalue weighted by molar-refractivity contribution is -0.576. The number of benzene rings is 2. The van der Waals surface area contributed by atoms with Crippen molar-refractivity contribution in [3.63, 3.8) is 0 Å². The summed E-state index contributed by atoms with van der Waals surface area (Å²) in [5.41, 5.74) is 1.76. The first-order valence-corrected chi connectivity index (χ1v) is 10.7. The summed E-state index contributed by atoms with van der Waals surface area (Å²) in [4.78, 5) is 42.1. The van der Waals surface area contributed by atoms with Gasteiger partial charge >= 0.3 is 5.91 Å². The van der Waals surface area contributed by atoms with Crippen LogP contribution >= 0.6 is 0 Å². The molecule has 1 aliphatic heterocycles. The van der Waals surface area contributed by atoms with Gasteiger partial charge in [-0.15, -0.1) is 0 Å². The van der Waals surface area contributed by atoms with E-state index in [1.165, 1.54) is 4.68 Å². The molecule has 0 bridgehead atoms. The summed E-state index contributed by atoms with van der Waals surface area (Å²) in [6, 6.07) is 23.2. The molecule has 3 heterocycles. The fourth-order valence-electron chi connectivity index (χ4n) is 4.10. The van der Waals surface area contributed by atoms with Crippen molar-refractivity contribution in [2.75, 3.05) is 4.90 Å². The highest BCUT2D eigenvalue weighted by atomic mass is 16.2. The van der Waals surface area contributed by atoms with E-state index in [0.29, 0.717) is 23.5 Å². The molecule has 5 rings (SSSR count). The van der Waals surface area contributed by atoms with Crippen LogP contribution in [0.5, 0.6) is 0 Å². The second-order valence-corrected chi connectivity index (χ2v) is 7.58. The molecule has 0 spiro atoms. The zero-order valence-corrected chi connectivity index (χ0v) is 17.9. The number of carbonyl (C=O) groups is 2. The normalized spacial score (nSPS) is 13.8. The number of pyridine rings is 1. The van der Waals surface area contributed by atoms with E-state index in [2.05, 4.69) is 5.10 Å². The Hall–Kier alpha value is -4.52. The number of imide groups is 1. The van der Waals surface area contributed by atoms with Gasteiger partial charge in [-0.05, 0) is 30.7 Å². The summed E-state index contributed by atoms with van der Waals surface area (Å²) in [7, 11) is 0. The van der Waals surface area contributed by atoms with E-state index in [-0.39, 0.29) is 22.4 Å². The van der Waals surface area contributed by atoms with E-state index >= 15 is 0 Å². The predicted molar refractivity (Wildman–Crippen MR) is 124 cm³/mol. The van der Waals surface area contributed by atoms with Crippen molar-refractivity contribution in [2.24, 2.45) is 0 Å². The third-order valence-corrected chi connectivity index (χ3v) is 5.63. The van der Waals surface area contributed by atoms with E-state index in [9.17, 15) is 14.4 Å². The molecule has 2 amide bonds. The standard InChI is InChI=1S/C26H20N4O3/c1-2-20-21(25(32)30(27-20)19-14-8-4-9-15-19)22-23(28-16-10-5-11-17-28)26(33)29(24(22)31)18-12-6-3-7-13-18/h3-17H,2H2,1H3/p+1. The molecule has 0 unspecified atom stereocenters. The minimum absolute atomic E-state index is 0.0906. The monoisotopic (exact) mass is 437 g/mol. The lowest BCUT2D eigenvalue weighted by atomic mass is 10.0. The Morgan fingerprint density at radius 1 is 0.758 bits per heavy atom. The summed E-state index contributed by atoms with van der Waals surface area (Å²) < 4.78 is 3.01. The molecule has 33 heavy (non-hydrogen) atoms. The third-order valence-electron chi connectivity index (χ3n) is 5.63. The minimum Gasteiger partial charge on any atom is -0.294 e. The molecule has 0 radical (unpaired) electrons. The average molecular weight is 437 g/mol. The lowest BCUT2D eigenvalue weighted by Crippen LogP contribution is -2.39. The highest BCUT2D eigenvalue weighted by molar-refractivity contribution is 6.53. The largest absolute Gasteiger partial charge is 0.331 e. The van der Waals surface area contributed by atoms with E-state index in [1.807, 2.05) is 37.3 Å². The molecular weight excluding hydrogens is 416 g/mol. The van der Waals surface area contributed by atoms with Gasteiger partial charge in [0.25, 0.3) is 17.2 Å². The van der Waals surface area contributed by atoms with E-state index in [4.69, 9.17) is 0 Å². The molecule has 0 atom stereocenters. The van der Waals surface area contributed by atoms with Crippen LogP contribution < -0.4 is 15.0 Å². The Kier molecular flexibility index (Phi) is 5.06. The van der Waals surface area contributed by atoms with Crippen molar-refractivity contribution in [3.8, 4) is 5.69 Å². The Morgan fingerprint density at radius 3 is 1.94 bits per heavy atom. The van der Waals surface area contributed by atoms with Gasteiger partial charge in [0.2, 0.25) is 0 Å². The van der Waals surface area contributed by atoms with Gasteiger partial charge in [-0.25, -0.2) is 9.58 Å². The van der Waals surface area contributed by atoms with E-state index in [0.717, 1.165) is 4.90 Å². The van der Waals surface area contributed by atoms with Gasteiger partial charge in [0.15, 0.2) is 12.4 Å². The summed E-state index contributed by atoms with van der Waals surface area (Å²) in [6.45, 7) is 1.90. The number of aromatic amines is 1. The van der Waals surface area contributed by atoms with Gasteiger partial charge in [0, 0.05) is 17.8 Å². The van der Waals surface area contributed by atoms with Crippen LogP contribution in [0, 0.1) is 0 Å². The third kappa shape index (κ3) is 3.30. The first-order chi connectivity index (χ1) is 16.1. The Morgan fingerprint density at radius 2 is 1.33 bits per heavy atom. The SMILES string of the molecule is CCc1[nH]n(-c2ccccc2)c(=O)c1C1=C([n+]2ccccc2)C(=O)N(c2ccccc2)C1=O. The minimum atomic E-state index is -0.524. The first kappa shape index (κ1) is 20.4. The Balaban J connectivity index is 1.78. The number of para-hydroxylation sites is 2. The van der Waals surface area contributed by atoms with Crippen molar-refractivity contribution in [2.45, 2.75) is 13.3 Å². The number of carbonyl (C=O) groups excluding carboxylic acids is 2. The molecule has 7 heteroatoms. The smallest absolute Gasteiger partial charge is 0.294 e. The molecule has 7 nitrogen and oxygen atoms in total. The van der Waals surface area contributed by atoms with Crippen molar-refractivity contribution in [1.29, 1.82) is 0 Å². The van der Waals surface area contributed by atoms with Crippen molar-refractivity contribution in [3.05, 3.63) is 113 Å². The molecule has 2 aromatic heterocycles. The van der Waals surface area contributed by atoms with Gasteiger partial charge in [-0.2, -0.15) is 4.57 Å². The number of anilines is 1. The van der Waals surface area contributed by atoms with Crippen LogP contribution in [0.25, 0.3) is 17.0 Å². The lowest BCUT2D eigenvalue weighted by Gasteiger charge is -2.13. The topological polar surface area (TPSA) is 79.1 Å². The van der Waals surface area contributed by atoms with Crippen LogP contribution in [0.3, 0.4) is 0 Å². The molecule has 0 fully saturated rings. The summed E-state index contributed by atoms with van der Waals surface area (Å²) in [5, 5.41) is 3.13. The highest BCUT2D eigenvalue weighted by Crippen LogP contribution is 2.33. The number of nitrogens with one attached hydrogen (secondary N) is 1. The fourth-order valence-corrected chi connectivity index (χ4v) is 4.10. The van der Waals surface area contributed by atoms with Crippen LogP contribution in [0.1, 0.15) is 18.2 Å². The average Bonchev–Trinajstić information content (AvgIpc) is 3.32. The zero-order valence-electron chi connectivity index (χ0n) is 17.9. The van der Waals surface area contributed by atoms with Gasteiger partial charge in [0.05, 0.1) is 16.9 Å². The number of amides is 2. The predicted octanol–water partition coefficient (Wildman–Crippen LogP) is 2.96. The quantitative estimate of drug-likeness (QED) is 0.385. The number of nitrogens with zero attached hydrogens (tertiary/aromatic N) is 3. The van der Waals surface area contributed by atoms with E-state index in [1.54, 1.807) is 65.5 Å². The highest BCUT2D eigenvalue weighted by Gasteiger charge is 2.48. The zero-order chi connectivity index (χ0) is 22.9. The maximum Gasteiger partial charge on any atom is 0.331 e. The molecule has 1 aliphatic rings. The summed E-state index contributed by atoms with van der Waals surface area (Å²) in [5.74, 6) is -1.00. The number of hydrogen-bond acceptors (Lipinski definition) is 3. The van der Waals surface area contributed by atoms with Crippen LogP contribution in [0.15, 0.2) is 96.1 Å². The molecule has 4 aromatic rings. The van der Waals surface area contributed by atoms with Gasteiger partial charge in [-0.1, -0.05) is 49.4 Å². The van der Waals surface area contributed by atoms with Gasteiger partial charge < -0.3 is 0 Å². The second kappa shape index (κ2) is 8.20. The van der Waals surface area contributed by atoms with Crippen LogP contribution in [-0.2, 0) is 16.0 Å². The van der Waals surface area contributed by atoms with Crippen LogP contribution in [-0.4, -0.2) is 21.6 Å². The first-order valence-electron chi connectivity index (χ1n) is 10.7. The van der Waals surface area contributed by atoms with Gasteiger partial charge in [0.1, 0.15) is 5.57 Å². The molecule has 162 valence electrons. The second-order valence-electron chi connectivity index (χ2n) is 7.58. The number of aryl methyl sites for hydroxylation is 1. The van der Waals surface area contributed by atoms with Crippen molar-refractivity contribution < 1.29 is 14.2 Å². The fraction of sp³-hybridized carbons (Fsp3) is 0.0769. The molecule has 0 saturated heterocycles. The van der Waals surface area contributed by atoms with Crippen molar-refractivity contribution in [1.82, 2.24) is 9.78 Å². The van der Waals surface area contributed by atoms with Gasteiger partial charge in [-0.3, -0.25) is 19.5 Å². The molecule has 2 aromatic carbocycles. The number of H-pyrrole nitrogens is 1. The van der Waals surface area contributed by atoms with Crippen LogP contribution in [0.2, 0.25) is 0 Å². The molecule has 0 saturated carbocycles. The summed E-state index contributed by atoms with van der Waals surface area (Å²) >= 11 is 0. The molecule has 1 N–H and O–H groups in total. The molecule has 0 aliphatic carbocycles. The summed E-state index contributed by atoms with van der Waals surface area (Å²) in [6.07, 6.45) is 3.87. The van der Waals surface area contributed by atoms with Crippen molar-refractivity contribution >= 4 is 28.8 Å². The number of aromatic nitrogens is 3. The maximum atomic E-state index is 13.7. The van der Waals surface area contributed by atoms with Crippen LogP contribution in [0.4, 0.5) is 5.69 Å². The Bertz CT molecular complexity index is 1440. The van der Waals surface area contributed by atoms with E-state index < -0.39 is 11.8 Å². The Labute approximate surface area is 189 Å². The number of rotatable bonds is 5. The number of hydrogen-bond donors (Lipinski definition) is 1.